The zero-order valence-electron chi connectivity index (χ0n) is 10.2. The minimum Gasteiger partial charge on any atom is -0.374 e. The molecule has 90 valence electrons. The highest BCUT2D eigenvalue weighted by atomic mass is 32.1. The average Bonchev–Trinajstić information content (AvgIpc) is 2.96. The molecule has 0 radical (unpaired) electrons. The van der Waals surface area contributed by atoms with Crippen molar-refractivity contribution < 1.29 is 4.74 Å². The minimum atomic E-state index is 0.139. The Morgan fingerprint density at radius 3 is 2.88 bits per heavy atom. The SMILES string of the molecule is COC(c1ncc(CNC2CC2)s1)C(C)C. The fraction of sp³-hybridized carbons (Fsp3) is 0.750. The van der Waals surface area contributed by atoms with Crippen LogP contribution in [0.2, 0.25) is 0 Å². The Kier molecular flexibility index (Phi) is 3.95. The number of aromatic nitrogens is 1. The molecule has 1 atom stereocenters. The van der Waals surface area contributed by atoms with Crippen molar-refractivity contribution in [3.63, 3.8) is 0 Å². The van der Waals surface area contributed by atoms with Gasteiger partial charge in [0.25, 0.3) is 0 Å². The predicted molar refractivity (Wildman–Crippen MR) is 66.6 cm³/mol. The molecule has 0 amide bonds. The van der Waals surface area contributed by atoms with Crippen LogP contribution in [-0.2, 0) is 11.3 Å². The van der Waals surface area contributed by atoms with Crippen molar-refractivity contribution in [1.82, 2.24) is 10.3 Å². The van der Waals surface area contributed by atoms with Gasteiger partial charge in [0.2, 0.25) is 0 Å². The van der Waals surface area contributed by atoms with Gasteiger partial charge in [-0.05, 0) is 18.8 Å². The second-order valence-electron chi connectivity index (χ2n) is 4.72. The summed E-state index contributed by atoms with van der Waals surface area (Å²) in [5, 5.41) is 4.60. The van der Waals surface area contributed by atoms with E-state index in [1.54, 1.807) is 18.4 Å². The molecule has 1 fully saturated rings. The van der Waals surface area contributed by atoms with Gasteiger partial charge in [-0.15, -0.1) is 11.3 Å². The Labute approximate surface area is 101 Å². The molecule has 1 aromatic rings. The van der Waals surface area contributed by atoms with Gasteiger partial charge in [0.05, 0.1) is 0 Å². The summed E-state index contributed by atoms with van der Waals surface area (Å²) in [7, 11) is 1.76. The van der Waals surface area contributed by atoms with E-state index >= 15 is 0 Å². The lowest BCUT2D eigenvalue weighted by atomic mass is 10.1. The van der Waals surface area contributed by atoms with Crippen molar-refractivity contribution >= 4 is 11.3 Å². The number of rotatable bonds is 6. The first kappa shape index (κ1) is 12.0. The lowest BCUT2D eigenvalue weighted by Gasteiger charge is -2.15. The molecular formula is C12H20N2OS. The molecular weight excluding hydrogens is 220 g/mol. The van der Waals surface area contributed by atoms with Gasteiger partial charge < -0.3 is 10.1 Å². The Morgan fingerprint density at radius 2 is 2.31 bits per heavy atom. The van der Waals surface area contributed by atoms with Crippen LogP contribution in [0.3, 0.4) is 0 Å². The van der Waals surface area contributed by atoms with Crippen LogP contribution in [0.4, 0.5) is 0 Å². The lowest BCUT2D eigenvalue weighted by molar-refractivity contribution is 0.0644. The number of ether oxygens (including phenoxy) is 1. The molecule has 0 spiro atoms. The molecule has 1 heterocycles. The van der Waals surface area contributed by atoms with Crippen LogP contribution in [-0.4, -0.2) is 18.1 Å². The Bertz CT molecular complexity index is 334. The van der Waals surface area contributed by atoms with Crippen molar-refractivity contribution in [3.05, 3.63) is 16.1 Å². The van der Waals surface area contributed by atoms with E-state index in [1.165, 1.54) is 17.7 Å². The monoisotopic (exact) mass is 240 g/mol. The van der Waals surface area contributed by atoms with Gasteiger partial charge in [-0.25, -0.2) is 4.98 Å². The Balaban J connectivity index is 1.93. The number of methoxy groups -OCH3 is 1. The number of hydrogen-bond acceptors (Lipinski definition) is 4. The van der Waals surface area contributed by atoms with Crippen LogP contribution in [0, 0.1) is 5.92 Å². The van der Waals surface area contributed by atoms with E-state index in [4.69, 9.17) is 4.74 Å². The molecule has 1 aliphatic carbocycles. The molecule has 1 aromatic heterocycles. The van der Waals surface area contributed by atoms with E-state index in [1.807, 2.05) is 6.20 Å². The van der Waals surface area contributed by atoms with Gasteiger partial charge in [0.1, 0.15) is 11.1 Å². The molecule has 0 aromatic carbocycles. The van der Waals surface area contributed by atoms with Gasteiger partial charge >= 0.3 is 0 Å². The largest absolute Gasteiger partial charge is 0.374 e. The van der Waals surface area contributed by atoms with Crippen molar-refractivity contribution in [1.29, 1.82) is 0 Å². The van der Waals surface area contributed by atoms with E-state index in [9.17, 15) is 0 Å². The van der Waals surface area contributed by atoms with Crippen LogP contribution in [0.1, 0.15) is 42.7 Å². The second kappa shape index (κ2) is 5.25. The summed E-state index contributed by atoms with van der Waals surface area (Å²) < 4.78 is 5.48. The van der Waals surface area contributed by atoms with E-state index in [0.29, 0.717) is 5.92 Å². The number of nitrogens with one attached hydrogen (secondary N) is 1. The number of nitrogens with zero attached hydrogens (tertiary/aromatic N) is 1. The topological polar surface area (TPSA) is 34.1 Å². The summed E-state index contributed by atoms with van der Waals surface area (Å²) in [6.45, 7) is 5.28. The quantitative estimate of drug-likeness (QED) is 0.830. The predicted octanol–water partition coefficient (Wildman–Crippen LogP) is 2.74. The number of hydrogen-bond donors (Lipinski definition) is 1. The molecule has 3 nitrogen and oxygen atoms in total. The second-order valence-corrected chi connectivity index (χ2v) is 5.87. The molecule has 16 heavy (non-hydrogen) atoms. The highest BCUT2D eigenvalue weighted by molar-refractivity contribution is 7.11. The summed E-state index contributed by atoms with van der Waals surface area (Å²) >= 11 is 1.77. The summed E-state index contributed by atoms with van der Waals surface area (Å²) in [5.41, 5.74) is 0. The maximum atomic E-state index is 5.48. The molecule has 1 saturated carbocycles. The van der Waals surface area contributed by atoms with E-state index in [-0.39, 0.29) is 6.10 Å². The van der Waals surface area contributed by atoms with Gasteiger partial charge in [-0.1, -0.05) is 13.8 Å². The van der Waals surface area contributed by atoms with Crippen molar-refractivity contribution in [2.45, 2.75) is 45.4 Å². The van der Waals surface area contributed by atoms with Crippen molar-refractivity contribution in [2.24, 2.45) is 5.92 Å². The third kappa shape index (κ3) is 3.03. The zero-order valence-corrected chi connectivity index (χ0v) is 11.0. The van der Waals surface area contributed by atoms with E-state index < -0.39 is 0 Å². The zero-order chi connectivity index (χ0) is 11.5. The molecule has 0 aliphatic heterocycles. The van der Waals surface area contributed by atoms with Crippen LogP contribution >= 0.6 is 11.3 Å². The molecule has 4 heteroatoms. The standard InChI is InChI=1S/C12H20N2OS/c1-8(2)11(15-3)12-14-7-10(16-12)6-13-9-4-5-9/h7-9,11,13H,4-6H2,1-3H3. The third-order valence-corrected chi connectivity index (χ3v) is 3.88. The van der Waals surface area contributed by atoms with E-state index in [0.717, 1.165) is 17.6 Å². The van der Waals surface area contributed by atoms with Crippen molar-refractivity contribution in [2.75, 3.05) is 7.11 Å². The maximum Gasteiger partial charge on any atom is 0.122 e. The highest BCUT2D eigenvalue weighted by Gasteiger charge is 2.22. The Morgan fingerprint density at radius 1 is 1.56 bits per heavy atom. The van der Waals surface area contributed by atoms with E-state index in [2.05, 4.69) is 24.1 Å². The first-order chi connectivity index (χ1) is 7.70. The molecule has 0 saturated heterocycles. The first-order valence-corrected chi connectivity index (χ1v) is 6.73. The maximum absolute atomic E-state index is 5.48. The summed E-state index contributed by atoms with van der Waals surface area (Å²) in [6, 6.07) is 0.758. The molecule has 2 rings (SSSR count). The smallest absolute Gasteiger partial charge is 0.122 e. The molecule has 1 aliphatic rings. The van der Waals surface area contributed by atoms with Crippen LogP contribution < -0.4 is 5.32 Å². The average molecular weight is 240 g/mol. The van der Waals surface area contributed by atoms with Gasteiger partial charge in [0.15, 0.2) is 0 Å². The summed E-state index contributed by atoms with van der Waals surface area (Å²) in [4.78, 5) is 5.77. The molecule has 1 N–H and O–H groups in total. The van der Waals surface area contributed by atoms with Crippen LogP contribution in [0.5, 0.6) is 0 Å². The third-order valence-electron chi connectivity index (χ3n) is 2.82. The molecule has 0 bridgehead atoms. The summed E-state index contributed by atoms with van der Waals surface area (Å²) in [5.74, 6) is 0.473. The highest BCUT2D eigenvalue weighted by Crippen LogP contribution is 2.29. The van der Waals surface area contributed by atoms with Gasteiger partial charge in [0, 0.05) is 30.8 Å². The first-order valence-electron chi connectivity index (χ1n) is 5.91. The number of thiazole rings is 1. The minimum absolute atomic E-state index is 0.139. The normalized spacial score (nSPS) is 18.0. The fourth-order valence-electron chi connectivity index (χ4n) is 1.73. The van der Waals surface area contributed by atoms with Crippen molar-refractivity contribution in [3.8, 4) is 0 Å². The summed E-state index contributed by atoms with van der Waals surface area (Å²) in [6.07, 6.45) is 4.78. The van der Waals surface area contributed by atoms with Crippen LogP contribution in [0.25, 0.3) is 0 Å². The fourth-order valence-corrected chi connectivity index (χ4v) is 2.85. The molecule has 1 unspecified atom stereocenters. The van der Waals surface area contributed by atoms with Gasteiger partial charge in [-0.3, -0.25) is 0 Å². The van der Waals surface area contributed by atoms with Crippen LogP contribution in [0.15, 0.2) is 6.20 Å². The van der Waals surface area contributed by atoms with Gasteiger partial charge in [-0.2, -0.15) is 0 Å². The lowest BCUT2D eigenvalue weighted by Crippen LogP contribution is -2.14. The Hall–Kier alpha value is -0.450.